The molecule has 26 heavy (non-hydrogen) atoms. The molecule has 1 aliphatic heterocycles. The molecule has 3 rings (SSSR count). The Morgan fingerprint density at radius 2 is 1.96 bits per heavy atom. The van der Waals surface area contributed by atoms with E-state index in [0.717, 1.165) is 18.5 Å². The number of anilines is 1. The number of carbonyl (C=O) groups is 2. The molecule has 0 aromatic heterocycles. The lowest BCUT2D eigenvalue weighted by Gasteiger charge is -2.32. The Hall–Kier alpha value is -2.89. The molecule has 1 heterocycles. The number of ether oxygens (including phenoxy) is 1. The summed E-state index contributed by atoms with van der Waals surface area (Å²) in [6, 6.07) is 13.4. The van der Waals surface area contributed by atoms with Crippen molar-refractivity contribution in [3.8, 4) is 5.75 Å². The number of nitrogens with one attached hydrogen (secondary N) is 1. The first-order chi connectivity index (χ1) is 12.6. The molecule has 2 amide bonds. The Bertz CT molecular complexity index is 795. The van der Waals surface area contributed by atoms with Gasteiger partial charge in [0.1, 0.15) is 0 Å². The number of carbonyl (C=O) groups excluding carboxylic acids is 2. The second kappa shape index (κ2) is 7.99. The second-order valence-electron chi connectivity index (χ2n) is 6.29. The molecule has 0 radical (unpaired) electrons. The van der Waals surface area contributed by atoms with E-state index in [9.17, 15) is 14.0 Å². The van der Waals surface area contributed by atoms with Crippen molar-refractivity contribution in [2.75, 3.05) is 25.5 Å². The normalized spacial score (nSPS) is 16.8. The van der Waals surface area contributed by atoms with Crippen LogP contribution in [0.1, 0.15) is 23.2 Å². The van der Waals surface area contributed by atoms with Crippen LogP contribution in [-0.2, 0) is 4.79 Å². The summed E-state index contributed by atoms with van der Waals surface area (Å²) in [7, 11) is 1.38. The third-order valence-electron chi connectivity index (χ3n) is 4.52. The van der Waals surface area contributed by atoms with Gasteiger partial charge in [-0.05, 0) is 43.2 Å². The quantitative estimate of drug-likeness (QED) is 0.914. The predicted molar refractivity (Wildman–Crippen MR) is 96.7 cm³/mol. The van der Waals surface area contributed by atoms with E-state index < -0.39 is 5.82 Å². The first-order valence-corrected chi connectivity index (χ1v) is 8.57. The molecule has 1 saturated heterocycles. The van der Waals surface area contributed by atoms with Gasteiger partial charge in [0.05, 0.1) is 13.0 Å². The molecular weight excluding hydrogens is 335 g/mol. The minimum Gasteiger partial charge on any atom is -0.494 e. The van der Waals surface area contributed by atoms with Crippen LogP contribution in [0.3, 0.4) is 0 Å². The molecule has 0 bridgehead atoms. The van der Waals surface area contributed by atoms with Crippen molar-refractivity contribution in [2.24, 2.45) is 5.92 Å². The Morgan fingerprint density at radius 1 is 1.19 bits per heavy atom. The minimum atomic E-state index is -0.575. The summed E-state index contributed by atoms with van der Waals surface area (Å²) >= 11 is 0. The van der Waals surface area contributed by atoms with Crippen molar-refractivity contribution in [1.82, 2.24) is 4.90 Å². The maximum absolute atomic E-state index is 13.9. The Morgan fingerprint density at radius 3 is 2.65 bits per heavy atom. The molecule has 0 spiro atoms. The molecule has 1 aliphatic rings. The molecule has 0 aliphatic carbocycles. The molecule has 1 fully saturated rings. The average molecular weight is 356 g/mol. The number of halogens is 1. The monoisotopic (exact) mass is 356 g/mol. The maximum atomic E-state index is 13.9. The van der Waals surface area contributed by atoms with Crippen LogP contribution in [-0.4, -0.2) is 36.9 Å². The number of para-hydroxylation sites is 1. The molecule has 1 atom stereocenters. The number of amides is 2. The van der Waals surface area contributed by atoms with Crippen LogP contribution < -0.4 is 10.1 Å². The minimum absolute atomic E-state index is 0.0975. The van der Waals surface area contributed by atoms with Crippen LogP contribution in [0.2, 0.25) is 0 Å². The highest BCUT2D eigenvalue weighted by molar-refractivity contribution is 5.96. The summed E-state index contributed by atoms with van der Waals surface area (Å²) in [5, 5.41) is 2.88. The molecule has 0 saturated carbocycles. The van der Waals surface area contributed by atoms with Crippen molar-refractivity contribution < 1.29 is 18.7 Å². The Balaban J connectivity index is 1.66. The fraction of sp³-hybridized carbons (Fsp3) is 0.300. The van der Waals surface area contributed by atoms with E-state index in [1.807, 2.05) is 30.3 Å². The summed E-state index contributed by atoms with van der Waals surface area (Å²) in [5.74, 6) is -1.14. The predicted octanol–water partition coefficient (Wildman–Crippen LogP) is 3.33. The van der Waals surface area contributed by atoms with Crippen LogP contribution in [0.25, 0.3) is 0 Å². The van der Waals surface area contributed by atoms with Crippen LogP contribution in [0.15, 0.2) is 48.5 Å². The third kappa shape index (κ3) is 4.02. The van der Waals surface area contributed by atoms with Gasteiger partial charge in [0, 0.05) is 24.3 Å². The first-order valence-electron chi connectivity index (χ1n) is 8.57. The van der Waals surface area contributed by atoms with Gasteiger partial charge >= 0.3 is 0 Å². The molecular formula is C20H21FN2O3. The van der Waals surface area contributed by atoms with Crippen LogP contribution >= 0.6 is 0 Å². The highest BCUT2D eigenvalue weighted by atomic mass is 19.1. The Labute approximate surface area is 151 Å². The molecule has 6 heteroatoms. The number of hydrogen-bond donors (Lipinski definition) is 1. The van der Waals surface area contributed by atoms with Crippen molar-refractivity contribution in [3.05, 3.63) is 59.9 Å². The van der Waals surface area contributed by atoms with E-state index in [0.29, 0.717) is 13.1 Å². The topological polar surface area (TPSA) is 58.6 Å². The molecule has 5 nitrogen and oxygen atoms in total. The fourth-order valence-electron chi connectivity index (χ4n) is 3.12. The number of nitrogens with zero attached hydrogens (tertiary/aromatic N) is 1. The third-order valence-corrected chi connectivity index (χ3v) is 4.52. The number of piperidine rings is 1. The van der Waals surface area contributed by atoms with Crippen molar-refractivity contribution in [1.29, 1.82) is 0 Å². The summed E-state index contributed by atoms with van der Waals surface area (Å²) in [5.41, 5.74) is 0.991. The molecule has 1 unspecified atom stereocenters. The highest BCUT2D eigenvalue weighted by Crippen LogP contribution is 2.23. The fourth-order valence-corrected chi connectivity index (χ4v) is 3.12. The van der Waals surface area contributed by atoms with Gasteiger partial charge in [0.2, 0.25) is 5.91 Å². The standard InChI is InChI=1S/C20H21FN2O3/c1-26-18-10-9-14(12-17(18)21)20(25)23-11-5-6-15(13-23)19(24)22-16-7-3-2-4-8-16/h2-4,7-10,12,15H,5-6,11,13H2,1H3,(H,22,24). The average Bonchev–Trinajstić information content (AvgIpc) is 2.68. The SMILES string of the molecule is COc1ccc(C(=O)N2CCCC(C(=O)Nc3ccccc3)C2)cc1F. The highest BCUT2D eigenvalue weighted by Gasteiger charge is 2.29. The lowest BCUT2D eigenvalue weighted by Crippen LogP contribution is -2.43. The number of hydrogen-bond acceptors (Lipinski definition) is 3. The zero-order valence-corrected chi connectivity index (χ0v) is 14.6. The van der Waals surface area contributed by atoms with E-state index in [4.69, 9.17) is 4.74 Å². The zero-order valence-electron chi connectivity index (χ0n) is 14.6. The van der Waals surface area contributed by atoms with Crippen LogP contribution in [0.4, 0.5) is 10.1 Å². The number of methoxy groups -OCH3 is 1. The zero-order chi connectivity index (χ0) is 18.5. The van der Waals surface area contributed by atoms with Crippen molar-refractivity contribution in [3.63, 3.8) is 0 Å². The van der Waals surface area contributed by atoms with Gasteiger partial charge in [-0.25, -0.2) is 4.39 Å². The number of rotatable bonds is 4. The van der Waals surface area contributed by atoms with Gasteiger partial charge in [0.15, 0.2) is 11.6 Å². The summed E-state index contributed by atoms with van der Waals surface area (Å²) in [4.78, 5) is 26.8. The van der Waals surface area contributed by atoms with Gasteiger partial charge in [-0.1, -0.05) is 18.2 Å². The van der Waals surface area contributed by atoms with Crippen LogP contribution in [0.5, 0.6) is 5.75 Å². The molecule has 136 valence electrons. The lowest BCUT2D eigenvalue weighted by molar-refractivity contribution is -0.121. The van der Waals surface area contributed by atoms with Gasteiger partial charge in [0.25, 0.3) is 5.91 Å². The second-order valence-corrected chi connectivity index (χ2v) is 6.29. The summed E-state index contributed by atoms with van der Waals surface area (Å²) in [6.07, 6.45) is 1.46. The van der Waals surface area contributed by atoms with E-state index >= 15 is 0 Å². The largest absolute Gasteiger partial charge is 0.494 e. The molecule has 2 aromatic rings. The van der Waals surface area contributed by atoms with E-state index in [-0.39, 0.29) is 29.0 Å². The number of benzene rings is 2. The summed E-state index contributed by atoms with van der Waals surface area (Å²) < 4.78 is 18.7. The van der Waals surface area contributed by atoms with Gasteiger partial charge in [-0.2, -0.15) is 0 Å². The van der Waals surface area contributed by atoms with Gasteiger partial charge in [-0.3, -0.25) is 9.59 Å². The van der Waals surface area contributed by atoms with E-state index in [1.165, 1.54) is 25.3 Å². The van der Waals surface area contributed by atoms with Crippen molar-refractivity contribution >= 4 is 17.5 Å². The molecule has 2 aromatic carbocycles. The first kappa shape index (κ1) is 17.9. The van der Waals surface area contributed by atoms with E-state index in [1.54, 1.807) is 4.90 Å². The van der Waals surface area contributed by atoms with Gasteiger partial charge in [-0.15, -0.1) is 0 Å². The smallest absolute Gasteiger partial charge is 0.253 e. The van der Waals surface area contributed by atoms with Crippen molar-refractivity contribution in [2.45, 2.75) is 12.8 Å². The maximum Gasteiger partial charge on any atom is 0.253 e. The van der Waals surface area contributed by atoms with E-state index in [2.05, 4.69) is 5.32 Å². The summed E-state index contributed by atoms with van der Waals surface area (Å²) in [6.45, 7) is 0.882. The van der Waals surface area contributed by atoms with Crippen LogP contribution in [0, 0.1) is 11.7 Å². The molecule has 1 N–H and O–H groups in total. The number of likely N-dealkylation sites (tertiary alicyclic amines) is 1. The van der Waals surface area contributed by atoms with Gasteiger partial charge < -0.3 is 15.0 Å². The Kier molecular flexibility index (Phi) is 5.51. The lowest BCUT2D eigenvalue weighted by atomic mass is 9.96.